The zero-order valence-corrected chi connectivity index (χ0v) is 12.7. The monoisotopic (exact) mass is 319 g/mol. The van der Waals surface area contributed by atoms with E-state index in [4.69, 9.17) is 31.8 Å². The Morgan fingerprint density at radius 2 is 1.50 bits per heavy atom. The van der Waals surface area contributed by atoms with E-state index in [0.717, 1.165) is 6.42 Å². The lowest BCUT2D eigenvalue weighted by Gasteiger charge is -2.18. The molecule has 0 spiro atoms. The highest BCUT2D eigenvalue weighted by molar-refractivity contribution is 5.78. The summed E-state index contributed by atoms with van der Waals surface area (Å²) in [6, 6.07) is -1.90. The molecule has 3 unspecified atom stereocenters. The lowest BCUT2D eigenvalue weighted by Crippen LogP contribution is -2.39. The first-order valence-corrected chi connectivity index (χ1v) is 7.12. The Bertz CT molecular complexity index is 377. The van der Waals surface area contributed by atoms with E-state index in [1.807, 2.05) is 0 Å². The Morgan fingerprint density at radius 3 is 1.95 bits per heavy atom. The molecular formula is C13H25N3O6. The number of carbonyl (C=O) groups excluding carboxylic acids is 2. The van der Waals surface area contributed by atoms with Crippen molar-refractivity contribution in [2.45, 2.75) is 57.4 Å². The third-order valence-corrected chi connectivity index (χ3v) is 2.81. The largest absolute Gasteiger partial charge is 0.481 e. The number of esters is 2. The molecule has 22 heavy (non-hydrogen) atoms. The van der Waals surface area contributed by atoms with Crippen LogP contribution in [0.1, 0.15) is 39.0 Å². The fourth-order valence-electron chi connectivity index (χ4n) is 1.55. The molecule has 0 aromatic carbocycles. The molecule has 0 amide bonds. The summed E-state index contributed by atoms with van der Waals surface area (Å²) in [4.78, 5) is 33.6. The Labute approximate surface area is 129 Å². The first kappa shape index (κ1) is 20.3. The van der Waals surface area contributed by atoms with Crippen molar-refractivity contribution in [3.63, 3.8) is 0 Å². The molecular weight excluding hydrogens is 294 g/mol. The van der Waals surface area contributed by atoms with Crippen molar-refractivity contribution in [3.05, 3.63) is 0 Å². The van der Waals surface area contributed by atoms with E-state index in [1.54, 1.807) is 0 Å². The number of hydrogen-bond donors (Lipinski definition) is 4. The number of unbranched alkanes of at least 4 members (excludes halogenated alkanes) is 1. The highest BCUT2D eigenvalue weighted by Gasteiger charge is 2.23. The molecule has 3 atom stereocenters. The summed E-state index contributed by atoms with van der Waals surface area (Å²) in [6.07, 6.45) is 0.417. The van der Waals surface area contributed by atoms with Crippen LogP contribution in [0.25, 0.3) is 0 Å². The van der Waals surface area contributed by atoms with Crippen LogP contribution in [0.5, 0.6) is 0 Å². The average Bonchev–Trinajstić information content (AvgIpc) is 2.44. The molecule has 0 aromatic heterocycles. The maximum atomic E-state index is 11.6. The first-order valence-electron chi connectivity index (χ1n) is 7.12. The minimum atomic E-state index is -1.14. The molecule has 128 valence electrons. The van der Waals surface area contributed by atoms with Gasteiger partial charge < -0.3 is 31.8 Å². The summed E-state index contributed by atoms with van der Waals surface area (Å²) in [6.45, 7) is 1.87. The number of nitrogens with two attached hydrogens (primary N) is 3. The van der Waals surface area contributed by atoms with Gasteiger partial charge in [-0.25, -0.2) is 0 Å². The van der Waals surface area contributed by atoms with Crippen molar-refractivity contribution in [2.75, 3.05) is 6.54 Å². The van der Waals surface area contributed by atoms with Crippen LogP contribution in [0.15, 0.2) is 0 Å². The number of carboxylic acid groups (broad SMARTS) is 1. The van der Waals surface area contributed by atoms with Crippen LogP contribution in [0.3, 0.4) is 0 Å². The maximum Gasteiger partial charge on any atom is 0.325 e. The van der Waals surface area contributed by atoms with Gasteiger partial charge in [-0.1, -0.05) is 6.42 Å². The second kappa shape index (κ2) is 10.9. The molecule has 0 rings (SSSR count). The Hall–Kier alpha value is -1.71. The van der Waals surface area contributed by atoms with Gasteiger partial charge in [-0.2, -0.15) is 0 Å². The second-order valence-electron chi connectivity index (χ2n) is 4.87. The molecule has 0 aliphatic heterocycles. The highest BCUT2D eigenvalue weighted by Crippen LogP contribution is 2.05. The highest BCUT2D eigenvalue weighted by atomic mass is 16.7. The van der Waals surface area contributed by atoms with Gasteiger partial charge in [0.05, 0.1) is 0 Å². The van der Waals surface area contributed by atoms with Crippen LogP contribution in [0, 0.1) is 0 Å². The second-order valence-corrected chi connectivity index (χ2v) is 4.87. The molecule has 0 bridgehead atoms. The first-order chi connectivity index (χ1) is 10.3. The van der Waals surface area contributed by atoms with Gasteiger partial charge in [0.25, 0.3) is 0 Å². The summed E-state index contributed by atoms with van der Waals surface area (Å²) in [7, 11) is 0. The smallest absolute Gasteiger partial charge is 0.325 e. The summed E-state index contributed by atoms with van der Waals surface area (Å²) < 4.78 is 9.69. The van der Waals surface area contributed by atoms with E-state index in [9.17, 15) is 14.4 Å². The van der Waals surface area contributed by atoms with Gasteiger partial charge in [-0.05, 0) is 25.8 Å². The zero-order chi connectivity index (χ0) is 17.1. The third kappa shape index (κ3) is 9.27. The van der Waals surface area contributed by atoms with E-state index in [0.29, 0.717) is 19.4 Å². The molecule has 9 heteroatoms. The summed E-state index contributed by atoms with van der Waals surface area (Å²) >= 11 is 0. The normalized spacial score (nSPS) is 14.7. The van der Waals surface area contributed by atoms with Crippen LogP contribution < -0.4 is 17.2 Å². The zero-order valence-electron chi connectivity index (χ0n) is 12.7. The summed E-state index contributed by atoms with van der Waals surface area (Å²) in [5, 5.41) is 8.50. The maximum absolute atomic E-state index is 11.6. The van der Waals surface area contributed by atoms with Crippen molar-refractivity contribution in [2.24, 2.45) is 17.2 Å². The van der Waals surface area contributed by atoms with E-state index >= 15 is 0 Å². The molecule has 0 saturated carbocycles. The molecule has 0 aromatic rings. The van der Waals surface area contributed by atoms with Gasteiger partial charge in [0, 0.05) is 13.3 Å². The van der Waals surface area contributed by atoms with Gasteiger partial charge in [0.15, 0.2) is 0 Å². The predicted molar refractivity (Wildman–Crippen MR) is 77.4 cm³/mol. The van der Waals surface area contributed by atoms with Gasteiger partial charge in [-0.15, -0.1) is 0 Å². The number of rotatable bonds is 11. The van der Waals surface area contributed by atoms with Crippen LogP contribution in [0.2, 0.25) is 0 Å². The Kier molecular flexibility index (Phi) is 10.1. The van der Waals surface area contributed by atoms with Crippen molar-refractivity contribution >= 4 is 17.9 Å². The van der Waals surface area contributed by atoms with Crippen molar-refractivity contribution in [1.82, 2.24) is 0 Å². The van der Waals surface area contributed by atoms with Crippen LogP contribution >= 0.6 is 0 Å². The lowest BCUT2D eigenvalue weighted by atomic mass is 10.1. The van der Waals surface area contributed by atoms with Crippen molar-refractivity contribution in [1.29, 1.82) is 0 Å². The van der Waals surface area contributed by atoms with Crippen LogP contribution in [-0.2, 0) is 23.9 Å². The Balaban J connectivity index is 4.09. The third-order valence-electron chi connectivity index (χ3n) is 2.81. The molecule has 0 saturated heterocycles. The van der Waals surface area contributed by atoms with Gasteiger partial charge in [0.2, 0.25) is 6.29 Å². The minimum Gasteiger partial charge on any atom is -0.481 e. The fraction of sp³-hybridized carbons (Fsp3) is 0.769. The number of carboxylic acids is 1. The van der Waals surface area contributed by atoms with Crippen molar-refractivity contribution < 1.29 is 29.0 Å². The van der Waals surface area contributed by atoms with Crippen molar-refractivity contribution in [3.8, 4) is 0 Å². The lowest BCUT2D eigenvalue weighted by molar-refractivity contribution is -0.186. The predicted octanol–water partition coefficient (Wildman–Crippen LogP) is -0.933. The fourth-order valence-corrected chi connectivity index (χ4v) is 1.55. The standard InChI is InChI=1S/C13H25N3O6/c1-8(21-12(19)9(15)4-2-3-7-14)22-13(20)10(16)5-6-11(17)18/h8-10H,2-7,14-16H2,1H3,(H,17,18). The minimum absolute atomic E-state index is 0.0621. The quantitative estimate of drug-likeness (QED) is 0.213. The molecule has 0 heterocycles. The number of hydrogen-bond acceptors (Lipinski definition) is 8. The molecule has 0 aliphatic rings. The van der Waals surface area contributed by atoms with Gasteiger partial charge in [0.1, 0.15) is 12.1 Å². The number of carbonyl (C=O) groups is 3. The van der Waals surface area contributed by atoms with Gasteiger partial charge >= 0.3 is 17.9 Å². The average molecular weight is 319 g/mol. The summed E-state index contributed by atoms with van der Waals surface area (Å²) in [5.41, 5.74) is 16.4. The van der Waals surface area contributed by atoms with E-state index in [-0.39, 0.29) is 12.8 Å². The molecule has 0 radical (unpaired) electrons. The number of aliphatic carboxylic acids is 1. The van der Waals surface area contributed by atoms with Crippen LogP contribution in [-0.4, -0.2) is 47.9 Å². The molecule has 7 N–H and O–H groups in total. The van der Waals surface area contributed by atoms with E-state index < -0.39 is 36.3 Å². The molecule has 0 fully saturated rings. The van der Waals surface area contributed by atoms with E-state index in [1.165, 1.54) is 6.92 Å². The Morgan fingerprint density at radius 1 is 1.00 bits per heavy atom. The van der Waals surface area contributed by atoms with Gasteiger partial charge in [-0.3, -0.25) is 14.4 Å². The number of ether oxygens (including phenoxy) is 2. The molecule has 0 aliphatic carbocycles. The van der Waals surface area contributed by atoms with E-state index in [2.05, 4.69) is 0 Å². The van der Waals surface area contributed by atoms with Crippen LogP contribution in [0.4, 0.5) is 0 Å². The molecule has 9 nitrogen and oxygen atoms in total. The summed E-state index contributed by atoms with van der Waals surface area (Å²) in [5.74, 6) is -2.58. The topological polar surface area (TPSA) is 168 Å². The SMILES string of the molecule is CC(OC(=O)C(N)CCCCN)OC(=O)C(N)CCC(=O)O.